The standard InChI is InChI=1S/C11H11FN4S.K/c12-7-3-1-6(2-4-7)5-8-9(13)15-11(17)16-10(8)14;/h1-4H,5H2,(H5,13,14,15,16,17);/q;+1/p-1. The van der Waals surface area contributed by atoms with Crippen molar-refractivity contribution in [3.63, 3.8) is 0 Å². The third-order valence-electron chi connectivity index (χ3n) is 2.34. The van der Waals surface area contributed by atoms with Crippen molar-refractivity contribution >= 4 is 24.3 Å². The van der Waals surface area contributed by atoms with Crippen LogP contribution in [0.1, 0.15) is 11.1 Å². The van der Waals surface area contributed by atoms with Gasteiger partial charge in [-0.05, 0) is 17.7 Å². The first-order valence-electron chi connectivity index (χ1n) is 4.89. The number of nitrogens with two attached hydrogens (primary N) is 2. The van der Waals surface area contributed by atoms with E-state index in [2.05, 4.69) is 9.97 Å². The molecule has 0 aliphatic heterocycles. The monoisotopic (exact) mass is 288 g/mol. The van der Waals surface area contributed by atoms with Crippen LogP contribution in [-0.4, -0.2) is 9.97 Å². The summed E-state index contributed by atoms with van der Waals surface area (Å²) in [5, 5.41) is 0.128. The molecule has 1 heterocycles. The molecule has 4 nitrogen and oxygen atoms in total. The molecule has 0 saturated heterocycles. The molecule has 2 rings (SSSR count). The van der Waals surface area contributed by atoms with E-state index in [-0.39, 0.29) is 74.0 Å². The van der Waals surface area contributed by atoms with Gasteiger partial charge in [0.15, 0.2) is 0 Å². The van der Waals surface area contributed by atoms with Crippen molar-refractivity contribution in [1.29, 1.82) is 0 Å². The summed E-state index contributed by atoms with van der Waals surface area (Å²) in [4.78, 5) is 7.75. The smallest absolute Gasteiger partial charge is 0.740 e. The number of hydrogen-bond acceptors (Lipinski definition) is 5. The number of rotatable bonds is 2. The van der Waals surface area contributed by atoms with Gasteiger partial charge in [-0.3, -0.25) is 0 Å². The molecule has 0 spiro atoms. The van der Waals surface area contributed by atoms with Crippen molar-refractivity contribution < 1.29 is 55.8 Å². The fourth-order valence-electron chi connectivity index (χ4n) is 1.48. The van der Waals surface area contributed by atoms with Crippen LogP contribution in [0.5, 0.6) is 0 Å². The molecule has 0 radical (unpaired) electrons. The average molecular weight is 288 g/mol. The van der Waals surface area contributed by atoms with Crippen LogP contribution in [-0.2, 0) is 19.0 Å². The van der Waals surface area contributed by atoms with E-state index in [9.17, 15) is 4.39 Å². The number of hydrogen-bond donors (Lipinski definition) is 2. The molecule has 0 atom stereocenters. The van der Waals surface area contributed by atoms with Crippen LogP contribution in [0.15, 0.2) is 29.4 Å². The predicted octanol–water partition coefficient (Wildman–Crippen LogP) is -1.72. The Morgan fingerprint density at radius 3 is 2.06 bits per heavy atom. The summed E-state index contributed by atoms with van der Waals surface area (Å²) in [7, 11) is 0. The van der Waals surface area contributed by atoms with E-state index < -0.39 is 0 Å². The maximum absolute atomic E-state index is 12.7. The van der Waals surface area contributed by atoms with Gasteiger partial charge >= 0.3 is 51.4 Å². The number of benzene rings is 1. The number of nitrogens with zero attached hydrogens (tertiary/aromatic N) is 2. The molecular weight excluding hydrogens is 278 g/mol. The Bertz CT molecular complexity index is 524. The van der Waals surface area contributed by atoms with Crippen molar-refractivity contribution in [2.24, 2.45) is 0 Å². The minimum absolute atomic E-state index is 0. The quantitative estimate of drug-likeness (QED) is 0.390. The van der Waals surface area contributed by atoms with E-state index in [0.29, 0.717) is 12.0 Å². The molecule has 0 aliphatic carbocycles. The second-order valence-corrected chi connectivity index (χ2v) is 3.92. The molecular formula is C11H10FKN4S. The zero-order chi connectivity index (χ0) is 12.4. The van der Waals surface area contributed by atoms with E-state index in [0.717, 1.165) is 5.56 Å². The third-order valence-corrected chi connectivity index (χ3v) is 2.53. The van der Waals surface area contributed by atoms with E-state index >= 15 is 0 Å². The molecule has 2 aromatic rings. The summed E-state index contributed by atoms with van der Waals surface area (Å²) >= 11 is 4.80. The van der Waals surface area contributed by atoms with Crippen molar-refractivity contribution in [2.45, 2.75) is 11.6 Å². The van der Waals surface area contributed by atoms with Gasteiger partial charge in [-0.15, -0.1) is 0 Å². The fourth-order valence-corrected chi connectivity index (χ4v) is 1.68. The molecule has 0 fully saturated rings. The van der Waals surface area contributed by atoms with Crippen LogP contribution in [0.2, 0.25) is 0 Å². The molecule has 88 valence electrons. The van der Waals surface area contributed by atoms with Gasteiger partial charge in [-0.25, -0.2) is 14.4 Å². The van der Waals surface area contributed by atoms with Crippen LogP contribution in [0.3, 0.4) is 0 Å². The Morgan fingerprint density at radius 1 is 1.06 bits per heavy atom. The van der Waals surface area contributed by atoms with E-state index in [1.807, 2.05) is 0 Å². The van der Waals surface area contributed by atoms with E-state index in [1.54, 1.807) is 12.1 Å². The molecule has 0 amide bonds. The second kappa shape index (κ2) is 6.74. The second-order valence-electron chi connectivity index (χ2n) is 3.56. The summed E-state index contributed by atoms with van der Waals surface area (Å²) in [6.45, 7) is 0. The number of anilines is 2. The van der Waals surface area contributed by atoms with Crippen molar-refractivity contribution in [2.75, 3.05) is 11.5 Å². The Hall–Kier alpha value is -0.314. The van der Waals surface area contributed by atoms with Gasteiger partial charge in [0.2, 0.25) is 0 Å². The van der Waals surface area contributed by atoms with Crippen molar-refractivity contribution in [1.82, 2.24) is 9.97 Å². The summed E-state index contributed by atoms with van der Waals surface area (Å²) in [6, 6.07) is 6.08. The van der Waals surface area contributed by atoms with Gasteiger partial charge < -0.3 is 24.1 Å². The van der Waals surface area contributed by atoms with Crippen molar-refractivity contribution in [3.8, 4) is 0 Å². The first kappa shape index (κ1) is 15.7. The SMILES string of the molecule is Nc1nc([S-])nc(N)c1Cc1ccc(F)cc1.[K+]. The molecule has 0 unspecified atom stereocenters. The summed E-state index contributed by atoms with van der Waals surface area (Å²) in [5.74, 6) is 0.255. The Balaban J connectivity index is 0.00000162. The third kappa shape index (κ3) is 3.84. The zero-order valence-corrected chi connectivity index (χ0v) is 13.8. The Labute approximate surface area is 152 Å². The van der Waals surface area contributed by atoms with Crippen LogP contribution < -0.4 is 62.9 Å². The minimum atomic E-state index is -0.285. The number of halogens is 1. The van der Waals surface area contributed by atoms with E-state index in [4.69, 9.17) is 24.1 Å². The molecule has 0 saturated carbocycles. The molecule has 0 bridgehead atoms. The first-order valence-corrected chi connectivity index (χ1v) is 5.30. The van der Waals surface area contributed by atoms with Crippen LogP contribution in [0.25, 0.3) is 0 Å². The van der Waals surface area contributed by atoms with Gasteiger partial charge in [0.25, 0.3) is 0 Å². The van der Waals surface area contributed by atoms with Crippen molar-refractivity contribution in [3.05, 3.63) is 41.2 Å². The van der Waals surface area contributed by atoms with Gasteiger partial charge in [0.1, 0.15) is 17.5 Å². The summed E-state index contributed by atoms with van der Waals surface area (Å²) in [5.41, 5.74) is 13.0. The van der Waals surface area contributed by atoms with Gasteiger partial charge in [-0.2, -0.15) is 0 Å². The fraction of sp³-hybridized carbons (Fsp3) is 0.0909. The predicted molar refractivity (Wildman–Crippen MR) is 65.7 cm³/mol. The summed E-state index contributed by atoms with van der Waals surface area (Å²) < 4.78 is 12.7. The molecule has 0 aliphatic rings. The van der Waals surface area contributed by atoms with E-state index in [1.165, 1.54) is 12.1 Å². The zero-order valence-electron chi connectivity index (χ0n) is 9.85. The van der Waals surface area contributed by atoms with Gasteiger partial charge in [0, 0.05) is 17.1 Å². The average Bonchev–Trinajstić information content (AvgIpc) is 2.26. The van der Waals surface area contributed by atoms with Crippen LogP contribution >= 0.6 is 0 Å². The van der Waals surface area contributed by atoms with Crippen LogP contribution in [0, 0.1) is 5.82 Å². The number of aromatic nitrogens is 2. The molecule has 18 heavy (non-hydrogen) atoms. The topological polar surface area (TPSA) is 77.8 Å². The number of nitrogen functional groups attached to an aromatic ring is 2. The summed E-state index contributed by atoms with van der Waals surface area (Å²) in [6.07, 6.45) is 0.452. The molecule has 1 aromatic carbocycles. The van der Waals surface area contributed by atoms with Gasteiger partial charge in [-0.1, -0.05) is 12.1 Å². The van der Waals surface area contributed by atoms with Gasteiger partial charge in [0.05, 0.1) is 0 Å². The largest absolute Gasteiger partial charge is 1.00 e. The minimum Gasteiger partial charge on any atom is -0.740 e. The Morgan fingerprint density at radius 2 is 1.56 bits per heavy atom. The Kier molecular flexibility index (Phi) is 5.89. The molecule has 4 N–H and O–H groups in total. The maximum atomic E-state index is 12.7. The first-order chi connectivity index (χ1) is 8.06. The molecule has 1 aromatic heterocycles. The maximum Gasteiger partial charge on any atom is 1.00 e. The molecule has 7 heteroatoms. The normalized spacial score (nSPS) is 9.83. The van der Waals surface area contributed by atoms with Crippen LogP contribution in [0.4, 0.5) is 16.0 Å².